The molecule has 0 fully saturated rings. The number of hydrogen-bond acceptors (Lipinski definition) is 5. The highest BCUT2D eigenvalue weighted by atomic mass is 35.5. The van der Waals surface area contributed by atoms with Crippen molar-refractivity contribution in [3.05, 3.63) is 35.5 Å². The third-order valence-corrected chi connectivity index (χ3v) is 3.92. The first-order valence-electron chi connectivity index (χ1n) is 5.72. The molecule has 0 atom stereocenters. The number of ether oxygens (including phenoxy) is 1. The van der Waals surface area contributed by atoms with Gasteiger partial charge in [0.1, 0.15) is 5.15 Å². The number of hydrogen-bond donors (Lipinski definition) is 1. The fraction of sp³-hybridized carbons (Fsp3) is 0.250. The molecule has 20 heavy (non-hydrogen) atoms. The Labute approximate surface area is 121 Å². The lowest BCUT2D eigenvalue weighted by Crippen LogP contribution is -2.25. The number of aromatic nitrogens is 1. The summed E-state index contributed by atoms with van der Waals surface area (Å²) in [6, 6.07) is 7.83. The maximum atomic E-state index is 12.0. The van der Waals surface area contributed by atoms with Crippen LogP contribution in [0.3, 0.4) is 0 Å². The summed E-state index contributed by atoms with van der Waals surface area (Å²) in [6.45, 7) is 0.420. The summed E-state index contributed by atoms with van der Waals surface area (Å²) in [5.41, 5.74) is 0.622. The average molecular weight is 317 g/mol. The van der Waals surface area contributed by atoms with Crippen LogP contribution in [-0.4, -0.2) is 33.7 Å². The molecule has 0 saturated carbocycles. The molecule has 0 aliphatic carbocycles. The summed E-state index contributed by atoms with van der Waals surface area (Å²) < 4.78 is 28.7. The summed E-state index contributed by atoms with van der Waals surface area (Å²) in [7, 11) is -2.23. The van der Waals surface area contributed by atoms with E-state index in [1.54, 1.807) is 18.2 Å². The first kappa shape index (κ1) is 15.1. The first-order valence-corrected chi connectivity index (χ1v) is 7.58. The minimum absolute atomic E-state index is 0.0894. The van der Waals surface area contributed by atoms with E-state index < -0.39 is 10.0 Å². The van der Waals surface area contributed by atoms with Crippen LogP contribution in [0.25, 0.3) is 10.9 Å². The van der Waals surface area contributed by atoms with Crippen LogP contribution in [0, 0.1) is 0 Å². The zero-order chi connectivity index (χ0) is 14.6. The van der Waals surface area contributed by atoms with Crippen molar-refractivity contribution in [2.24, 2.45) is 0 Å². The molecule has 2 rings (SSSR count). The van der Waals surface area contributed by atoms with Crippen LogP contribution in [0.4, 0.5) is 0 Å². The van der Waals surface area contributed by atoms with Gasteiger partial charge in [-0.25, -0.2) is 13.4 Å². The van der Waals surface area contributed by atoms with Crippen LogP contribution in [0.15, 0.2) is 35.2 Å². The fourth-order valence-electron chi connectivity index (χ4n) is 1.54. The maximum Gasteiger partial charge on any atom is 0.262 e. The van der Waals surface area contributed by atoms with Crippen molar-refractivity contribution < 1.29 is 18.0 Å². The summed E-state index contributed by atoms with van der Waals surface area (Å²) in [4.78, 5) is 11.0. The molecule has 1 aromatic heterocycles. The molecule has 0 saturated heterocycles. The van der Waals surface area contributed by atoms with Crippen LogP contribution in [0.1, 0.15) is 0 Å². The summed E-state index contributed by atoms with van der Waals surface area (Å²) >= 11 is 5.77. The second kappa shape index (κ2) is 6.47. The van der Waals surface area contributed by atoms with Crippen molar-refractivity contribution in [1.29, 1.82) is 0 Å². The second-order valence-electron chi connectivity index (χ2n) is 3.92. The SMILES string of the molecule is COCCONS(=O)(=O)c1ccc2nc(Cl)ccc2c1. The number of sulfonamides is 1. The maximum absolute atomic E-state index is 12.0. The second-order valence-corrected chi connectivity index (χ2v) is 5.95. The van der Waals surface area contributed by atoms with Crippen molar-refractivity contribution in [3.63, 3.8) is 0 Å². The smallest absolute Gasteiger partial charge is 0.262 e. The van der Waals surface area contributed by atoms with E-state index in [4.69, 9.17) is 21.2 Å². The molecule has 0 amide bonds. The lowest BCUT2D eigenvalue weighted by atomic mass is 10.2. The van der Waals surface area contributed by atoms with Gasteiger partial charge in [0.05, 0.1) is 23.6 Å². The zero-order valence-electron chi connectivity index (χ0n) is 10.7. The quantitative estimate of drug-likeness (QED) is 0.499. The van der Waals surface area contributed by atoms with E-state index in [9.17, 15) is 8.42 Å². The molecule has 8 heteroatoms. The highest BCUT2D eigenvalue weighted by Gasteiger charge is 2.14. The topological polar surface area (TPSA) is 77.5 Å². The predicted octanol–water partition coefficient (Wildman–Crippen LogP) is 1.74. The summed E-state index contributed by atoms with van der Waals surface area (Å²) in [5, 5.41) is 1.03. The minimum atomic E-state index is -3.73. The van der Waals surface area contributed by atoms with E-state index >= 15 is 0 Å². The van der Waals surface area contributed by atoms with Gasteiger partial charge in [0, 0.05) is 12.5 Å². The summed E-state index contributed by atoms with van der Waals surface area (Å²) in [5.74, 6) is 0. The molecule has 2 aromatic rings. The zero-order valence-corrected chi connectivity index (χ0v) is 12.2. The van der Waals surface area contributed by atoms with E-state index in [-0.39, 0.29) is 11.5 Å². The Morgan fingerprint density at radius 3 is 2.80 bits per heavy atom. The lowest BCUT2D eigenvalue weighted by Gasteiger charge is -2.07. The van der Waals surface area contributed by atoms with Crippen molar-refractivity contribution in [3.8, 4) is 0 Å². The van der Waals surface area contributed by atoms with Crippen LogP contribution < -0.4 is 4.89 Å². The first-order chi connectivity index (χ1) is 9.53. The molecule has 1 aromatic carbocycles. The van der Waals surface area contributed by atoms with Gasteiger partial charge in [-0.2, -0.15) is 0 Å². The lowest BCUT2D eigenvalue weighted by molar-refractivity contribution is 0.0438. The van der Waals surface area contributed by atoms with E-state index in [0.29, 0.717) is 22.7 Å². The van der Waals surface area contributed by atoms with E-state index in [1.807, 2.05) is 4.89 Å². The van der Waals surface area contributed by atoms with Gasteiger partial charge in [-0.15, -0.1) is 0 Å². The molecule has 108 valence electrons. The Kier molecular flexibility index (Phi) is 4.90. The van der Waals surface area contributed by atoms with Crippen LogP contribution in [0.2, 0.25) is 5.15 Å². The predicted molar refractivity (Wildman–Crippen MR) is 74.9 cm³/mol. The molecule has 0 radical (unpaired) electrons. The monoisotopic (exact) mass is 316 g/mol. The van der Waals surface area contributed by atoms with E-state index in [1.165, 1.54) is 19.2 Å². The normalized spacial score (nSPS) is 11.9. The molecule has 6 nitrogen and oxygen atoms in total. The molecule has 0 aliphatic rings. The van der Waals surface area contributed by atoms with Crippen molar-refractivity contribution in [2.75, 3.05) is 20.3 Å². The van der Waals surface area contributed by atoms with Gasteiger partial charge in [-0.05, 0) is 30.3 Å². The number of pyridine rings is 1. The van der Waals surface area contributed by atoms with Gasteiger partial charge in [0.2, 0.25) is 0 Å². The number of halogens is 1. The highest BCUT2D eigenvalue weighted by Crippen LogP contribution is 2.19. The van der Waals surface area contributed by atoms with Crippen LogP contribution in [-0.2, 0) is 19.6 Å². The van der Waals surface area contributed by atoms with E-state index in [2.05, 4.69) is 4.98 Å². The molecule has 1 heterocycles. The van der Waals surface area contributed by atoms with Gasteiger partial charge < -0.3 is 4.74 Å². The molecule has 0 unspecified atom stereocenters. The molecule has 0 bridgehead atoms. The molecule has 1 N–H and O–H groups in total. The van der Waals surface area contributed by atoms with Gasteiger partial charge >= 0.3 is 0 Å². The van der Waals surface area contributed by atoms with Gasteiger partial charge in [-0.1, -0.05) is 16.5 Å². The number of benzene rings is 1. The van der Waals surface area contributed by atoms with Gasteiger partial charge in [0.15, 0.2) is 0 Å². The Bertz CT molecular complexity index is 706. The third kappa shape index (κ3) is 3.65. The number of fused-ring (bicyclic) bond motifs is 1. The number of methoxy groups -OCH3 is 1. The number of nitrogens with one attached hydrogen (secondary N) is 1. The minimum Gasteiger partial charge on any atom is -0.382 e. The van der Waals surface area contributed by atoms with Crippen molar-refractivity contribution in [1.82, 2.24) is 9.87 Å². The highest BCUT2D eigenvalue weighted by molar-refractivity contribution is 7.89. The fourth-order valence-corrected chi connectivity index (χ4v) is 2.56. The Morgan fingerprint density at radius 2 is 2.05 bits per heavy atom. The standard InChI is InChI=1S/C12H13ClN2O4S/c1-18-6-7-19-15-20(16,17)10-3-4-11-9(8-10)2-5-12(13)14-11/h2-5,8,15H,6-7H2,1H3. The van der Waals surface area contributed by atoms with Crippen LogP contribution in [0.5, 0.6) is 0 Å². The van der Waals surface area contributed by atoms with Crippen molar-refractivity contribution >= 4 is 32.5 Å². The van der Waals surface area contributed by atoms with Gasteiger partial charge in [-0.3, -0.25) is 4.84 Å². The van der Waals surface area contributed by atoms with Crippen LogP contribution >= 0.6 is 11.6 Å². The molecule has 0 aliphatic heterocycles. The van der Waals surface area contributed by atoms with Crippen molar-refractivity contribution in [2.45, 2.75) is 4.90 Å². The molecular weight excluding hydrogens is 304 g/mol. The van der Waals surface area contributed by atoms with Gasteiger partial charge in [0.25, 0.3) is 10.0 Å². The van der Waals surface area contributed by atoms with E-state index in [0.717, 1.165) is 0 Å². The third-order valence-electron chi connectivity index (χ3n) is 2.50. The molecular formula is C12H13ClN2O4S. The Balaban J connectivity index is 2.21. The summed E-state index contributed by atoms with van der Waals surface area (Å²) in [6.07, 6.45) is 0. The number of nitrogens with zero attached hydrogens (tertiary/aromatic N) is 1. The average Bonchev–Trinajstić information content (AvgIpc) is 2.43. The largest absolute Gasteiger partial charge is 0.382 e. The Morgan fingerprint density at radius 1 is 1.25 bits per heavy atom. The molecule has 0 spiro atoms. The Hall–Kier alpha value is -1.25. The number of rotatable bonds is 6.